The molecule has 0 heterocycles. The summed E-state index contributed by atoms with van der Waals surface area (Å²) in [5.41, 5.74) is -0.850. The molecule has 4 aliphatic carbocycles. The van der Waals surface area contributed by atoms with Crippen LogP contribution in [0.15, 0.2) is 0 Å². The van der Waals surface area contributed by atoms with E-state index < -0.39 is 132 Å². The molecule has 0 bridgehead atoms. The van der Waals surface area contributed by atoms with Crippen molar-refractivity contribution < 1.29 is 69.7 Å². The van der Waals surface area contributed by atoms with Crippen LogP contribution >= 0.6 is 0 Å². The lowest BCUT2D eigenvalue weighted by Crippen LogP contribution is -2.57. The molecule has 0 radical (unpaired) electrons. The maximum absolute atomic E-state index is 14.3. The van der Waals surface area contributed by atoms with E-state index in [1.807, 2.05) is 10.6 Å². The van der Waals surface area contributed by atoms with Crippen molar-refractivity contribution in [3.63, 3.8) is 0 Å². The maximum Gasteiger partial charge on any atom is 0.409 e. The molecule has 0 unspecified atom stereocenters. The van der Waals surface area contributed by atoms with Gasteiger partial charge in [-0.05, 0) is 72.1 Å². The highest BCUT2D eigenvalue weighted by molar-refractivity contribution is 5.86. The first-order chi connectivity index (χ1) is 28.9. The van der Waals surface area contributed by atoms with Gasteiger partial charge in [0.05, 0.1) is 36.5 Å². The van der Waals surface area contributed by atoms with Crippen LogP contribution in [0, 0.1) is 23.7 Å². The molecule has 352 valence electrons. The second-order valence-electron chi connectivity index (χ2n) is 18.2. The summed E-state index contributed by atoms with van der Waals surface area (Å²) < 4.78 is 90.7. The Kier molecular flexibility index (Phi) is 17.7. The number of amides is 6. The first-order valence-corrected chi connectivity index (χ1v) is 21.8. The summed E-state index contributed by atoms with van der Waals surface area (Å²) >= 11 is 0. The summed E-state index contributed by atoms with van der Waals surface area (Å²) in [4.78, 5) is 90.5. The van der Waals surface area contributed by atoms with Gasteiger partial charge in [-0.3, -0.25) is 28.8 Å². The molecule has 4 saturated carbocycles. The van der Waals surface area contributed by atoms with Gasteiger partial charge < -0.3 is 41.7 Å². The number of carbonyl (C=O) groups excluding carboxylic acids is 6. The van der Waals surface area contributed by atoms with Crippen LogP contribution in [0.25, 0.3) is 0 Å². The van der Waals surface area contributed by atoms with Crippen molar-refractivity contribution in [1.82, 2.24) is 31.9 Å². The number of aliphatic carboxylic acids is 1. The number of carboxylic acids is 1. The van der Waals surface area contributed by atoms with Gasteiger partial charge in [-0.1, -0.05) is 51.4 Å². The third kappa shape index (κ3) is 15.2. The van der Waals surface area contributed by atoms with Gasteiger partial charge in [0.1, 0.15) is 17.7 Å². The molecule has 62 heavy (non-hydrogen) atoms. The Hall–Kier alpha value is -4.33. The molecule has 10 atom stereocenters. The number of halogens is 6. The average molecular weight is 897 g/mol. The Morgan fingerprint density at radius 1 is 0.500 bits per heavy atom. The van der Waals surface area contributed by atoms with Gasteiger partial charge in [-0.2, -0.15) is 26.3 Å². The molecule has 7 N–H and O–H groups in total. The molecule has 0 spiro atoms. The number of rotatable bonds is 14. The Balaban J connectivity index is 1.37. The predicted molar refractivity (Wildman–Crippen MR) is 210 cm³/mol. The summed E-state index contributed by atoms with van der Waals surface area (Å²) in [7, 11) is 0. The zero-order valence-corrected chi connectivity index (χ0v) is 35.5. The van der Waals surface area contributed by atoms with E-state index in [2.05, 4.69) is 21.3 Å². The van der Waals surface area contributed by atoms with E-state index in [9.17, 15) is 65.0 Å². The minimum absolute atomic E-state index is 0.115. The van der Waals surface area contributed by atoms with Gasteiger partial charge in [-0.25, -0.2) is 4.79 Å². The highest BCUT2D eigenvalue weighted by Crippen LogP contribution is 2.32. The van der Waals surface area contributed by atoms with Gasteiger partial charge >= 0.3 is 24.4 Å². The Morgan fingerprint density at radius 2 is 0.823 bits per heavy atom. The first kappa shape index (κ1) is 50.3. The van der Waals surface area contributed by atoms with Gasteiger partial charge in [0.2, 0.25) is 29.5 Å². The molecular formula is C41H62F6N6O9. The number of carbonyl (C=O) groups is 7. The molecule has 15 nitrogen and oxygen atoms in total. The second kappa shape index (κ2) is 21.8. The number of hydrogen-bond donors (Lipinski definition) is 7. The SMILES string of the molecule is CC(C)(C)OC(=O)N[C@H]1CCCC[C@@H]1C(=O)N[C@H](CC(=O)N[C@H]1CCCC[C@@H]1C(=O)N[C@H]1CCCC[C@@H]1C(=O)N[C@H](CC(=O)N[C@H]1CCCC[C@@H]1C(=O)O)C(F)(F)F)C(F)(F)F. The van der Waals surface area contributed by atoms with Crippen molar-refractivity contribution in [2.24, 2.45) is 23.7 Å². The highest BCUT2D eigenvalue weighted by Gasteiger charge is 2.47. The second-order valence-corrected chi connectivity index (χ2v) is 18.2. The van der Waals surface area contributed by atoms with Crippen molar-refractivity contribution in [2.45, 2.75) is 191 Å². The lowest BCUT2D eigenvalue weighted by atomic mass is 9.81. The third-order valence-corrected chi connectivity index (χ3v) is 12.3. The van der Waals surface area contributed by atoms with Crippen LogP contribution in [0.2, 0.25) is 0 Å². The van der Waals surface area contributed by atoms with Crippen molar-refractivity contribution in [2.75, 3.05) is 0 Å². The summed E-state index contributed by atoms with van der Waals surface area (Å²) in [6, 6.07) is -8.67. The monoisotopic (exact) mass is 896 g/mol. The zero-order valence-electron chi connectivity index (χ0n) is 35.5. The van der Waals surface area contributed by atoms with Crippen LogP contribution in [0.4, 0.5) is 31.1 Å². The van der Waals surface area contributed by atoms with E-state index in [0.717, 1.165) is 0 Å². The number of hydrogen-bond acceptors (Lipinski definition) is 8. The normalized spacial score (nSPS) is 28.2. The number of nitrogens with one attached hydrogen (secondary N) is 6. The largest absolute Gasteiger partial charge is 0.481 e. The van der Waals surface area contributed by atoms with E-state index in [-0.39, 0.29) is 44.9 Å². The molecule has 0 aromatic carbocycles. The van der Waals surface area contributed by atoms with Crippen LogP contribution in [0.1, 0.15) is 136 Å². The quantitative estimate of drug-likeness (QED) is 0.116. The molecule has 4 fully saturated rings. The van der Waals surface area contributed by atoms with Crippen LogP contribution in [-0.4, -0.2) is 101 Å². The highest BCUT2D eigenvalue weighted by atomic mass is 19.4. The number of carboxylic acid groups (broad SMARTS) is 1. The van der Waals surface area contributed by atoms with Gasteiger partial charge in [0.15, 0.2) is 0 Å². The Morgan fingerprint density at radius 3 is 1.19 bits per heavy atom. The van der Waals surface area contributed by atoms with E-state index in [1.165, 1.54) is 0 Å². The molecule has 0 aliphatic heterocycles. The third-order valence-electron chi connectivity index (χ3n) is 12.3. The van der Waals surface area contributed by atoms with E-state index in [0.29, 0.717) is 57.8 Å². The molecule has 0 aromatic heterocycles. The van der Waals surface area contributed by atoms with Crippen LogP contribution in [0.3, 0.4) is 0 Å². The summed E-state index contributed by atoms with van der Waals surface area (Å²) in [5, 5.41) is 23.7. The fourth-order valence-electron chi connectivity index (χ4n) is 9.16. The van der Waals surface area contributed by atoms with E-state index in [1.54, 1.807) is 20.8 Å². The van der Waals surface area contributed by atoms with Crippen LogP contribution < -0.4 is 31.9 Å². The number of ether oxygens (including phenoxy) is 1. The van der Waals surface area contributed by atoms with Crippen LogP contribution in [0.5, 0.6) is 0 Å². The first-order valence-electron chi connectivity index (χ1n) is 21.8. The van der Waals surface area contributed by atoms with E-state index in [4.69, 9.17) is 4.74 Å². The van der Waals surface area contributed by atoms with Gasteiger partial charge in [0, 0.05) is 24.2 Å². The molecule has 4 aliphatic rings. The summed E-state index contributed by atoms with van der Waals surface area (Å²) in [5.74, 6) is -10.0. The zero-order chi connectivity index (χ0) is 46.0. The molecular weight excluding hydrogens is 834 g/mol. The van der Waals surface area contributed by atoms with E-state index >= 15 is 0 Å². The topological polar surface area (TPSA) is 221 Å². The fraction of sp³-hybridized carbons (Fsp3) is 0.829. The number of alkyl carbamates (subject to hydrolysis) is 1. The lowest BCUT2D eigenvalue weighted by molar-refractivity contribution is -0.167. The molecule has 6 amide bonds. The number of alkyl halides is 6. The predicted octanol–water partition coefficient (Wildman–Crippen LogP) is 5.05. The lowest BCUT2D eigenvalue weighted by Gasteiger charge is -2.36. The minimum Gasteiger partial charge on any atom is -0.481 e. The Bertz CT molecular complexity index is 1610. The molecule has 21 heteroatoms. The Labute approximate surface area is 357 Å². The smallest absolute Gasteiger partial charge is 0.409 e. The summed E-state index contributed by atoms with van der Waals surface area (Å²) in [6.45, 7) is 4.91. The minimum atomic E-state index is -5.04. The average Bonchev–Trinajstić information content (AvgIpc) is 3.16. The summed E-state index contributed by atoms with van der Waals surface area (Å²) in [6.07, 6.45) is -7.01. The van der Waals surface area contributed by atoms with Crippen molar-refractivity contribution >= 4 is 41.6 Å². The molecule has 0 saturated heterocycles. The molecule has 4 rings (SSSR count). The molecule has 0 aromatic rings. The van der Waals surface area contributed by atoms with Gasteiger partial charge in [-0.15, -0.1) is 0 Å². The van der Waals surface area contributed by atoms with Gasteiger partial charge in [0.25, 0.3) is 0 Å². The fourth-order valence-corrected chi connectivity index (χ4v) is 9.16. The van der Waals surface area contributed by atoms with Crippen molar-refractivity contribution in [3.8, 4) is 0 Å². The standard InChI is InChI=1S/C41H62F6N6O9/c1-39(2,3)62-38(61)51-28-18-10-6-14-24(28)36(58)53-30(40(42,43)44)20-32(54)48-26-16-8-4-12-22(26)34(56)50-27-17-9-5-13-23(27)35(57)52-31(41(45,46)47)21-33(55)49-29-19-11-7-15-25(29)37(59)60/h22-31H,4-21H2,1-3H3,(H,48,54)(H,49,55)(H,50,56)(H,51,61)(H,52,57)(H,53,58)(H,59,60)/t22-,23-,24-,25-,26-,27-,28-,29-,30+,31+/m0/s1. The van der Waals surface area contributed by atoms with Crippen molar-refractivity contribution in [1.29, 1.82) is 0 Å². The van der Waals surface area contributed by atoms with Crippen molar-refractivity contribution in [3.05, 3.63) is 0 Å². The van der Waals surface area contributed by atoms with Crippen LogP contribution in [-0.2, 0) is 33.5 Å². The maximum atomic E-state index is 14.3.